The first-order valence-corrected chi connectivity index (χ1v) is 13.5. The van der Waals surface area contributed by atoms with Crippen LogP contribution in [0.1, 0.15) is 0 Å². The van der Waals surface area contributed by atoms with Crippen molar-refractivity contribution >= 4 is 29.2 Å². The van der Waals surface area contributed by atoms with Gasteiger partial charge in [-0.15, -0.1) is 0 Å². The minimum atomic E-state index is -4.21. The minimum absolute atomic E-state index is 0.192. The van der Waals surface area contributed by atoms with Gasteiger partial charge in [0.1, 0.15) is 0 Å². The third-order valence-electron chi connectivity index (χ3n) is 0.589. The summed E-state index contributed by atoms with van der Waals surface area (Å²) in [5.74, 6) is 0. The van der Waals surface area contributed by atoms with Gasteiger partial charge in [-0.2, -0.15) is 0 Å². The van der Waals surface area contributed by atoms with E-state index in [4.69, 9.17) is 4.55 Å². The molecule has 0 aliphatic carbocycles. The maximum absolute atomic E-state index is 10.0. The predicted molar refractivity (Wildman–Crippen MR) is 40.8 cm³/mol. The molecule has 0 aliphatic rings. The molecule has 6 heteroatoms. The van der Waals surface area contributed by atoms with Gasteiger partial charge >= 0.3 is 65.5 Å². The van der Waals surface area contributed by atoms with E-state index in [0.29, 0.717) is 0 Å². The maximum atomic E-state index is 10.0. The Balaban J connectivity index is 3.79. The van der Waals surface area contributed by atoms with E-state index in [1.165, 1.54) is 0 Å². The van der Waals surface area contributed by atoms with Gasteiger partial charge in [-0.25, -0.2) is 0 Å². The van der Waals surface area contributed by atoms with Crippen molar-refractivity contribution < 1.29 is 17.2 Å². The third kappa shape index (κ3) is 8.69. The molecule has 0 heterocycles. The first-order chi connectivity index (χ1) is 4.21. The van der Waals surface area contributed by atoms with Gasteiger partial charge in [-0.05, 0) is 0 Å². The molecule has 0 aromatic heterocycles. The van der Waals surface area contributed by atoms with Gasteiger partial charge in [-0.3, -0.25) is 0 Å². The molecule has 0 radical (unpaired) electrons. The standard InChI is InChI=1S/CH3O4S.3CH3.Sb/c1-5-6(2,3)4;;;;/h1H2,(H,2,3,4);3*1H3;/q;;;;+1. The predicted octanol–water partition coefficient (Wildman–Crippen LogP) is 0.683. The van der Waals surface area contributed by atoms with Crippen molar-refractivity contribution in [1.29, 1.82) is 0 Å². The van der Waals surface area contributed by atoms with E-state index >= 15 is 0 Å². The molecule has 0 spiro atoms. The summed E-state index contributed by atoms with van der Waals surface area (Å²) in [6.07, 6.45) is 0. The molecule has 0 aromatic rings. The molecule has 0 atom stereocenters. The van der Waals surface area contributed by atoms with E-state index in [2.05, 4.69) is 4.18 Å². The number of hydrogen-bond acceptors (Lipinski definition) is 3. The molecule has 0 aromatic carbocycles. The van der Waals surface area contributed by atoms with Gasteiger partial charge < -0.3 is 0 Å². The van der Waals surface area contributed by atoms with Gasteiger partial charge in [0.05, 0.1) is 0 Å². The summed E-state index contributed by atoms with van der Waals surface area (Å²) < 4.78 is 32.7. The first kappa shape index (κ1) is 10.7. The Labute approximate surface area is 65.5 Å². The second kappa shape index (κ2) is 3.39. The van der Waals surface area contributed by atoms with Gasteiger partial charge in [0.25, 0.3) is 0 Å². The van der Waals surface area contributed by atoms with Crippen molar-refractivity contribution in [3.63, 3.8) is 0 Å². The van der Waals surface area contributed by atoms with Crippen LogP contribution in [0.3, 0.4) is 0 Å². The molecule has 4 nitrogen and oxygen atoms in total. The molecule has 1 N–H and O–H groups in total. The van der Waals surface area contributed by atoms with Crippen LogP contribution in [0.2, 0.25) is 14.6 Å². The molecule has 0 bridgehead atoms. The summed E-state index contributed by atoms with van der Waals surface area (Å²) in [6.45, 7) is 0. The Kier molecular flexibility index (Phi) is 3.62. The van der Waals surface area contributed by atoms with Gasteiger partial charge in [0.2, 0.25) is 0 Å². The van der Waals surface area contributed by atoms with E-state index in [9.17, 15) is 8.42 Å². The van der Waals surface area contributed by atoms with Crippen LogP contribution in [0.4, 0.5) is 0 Å². The Morgan fingerprint density at radius 3 is 1.90 bits per heavy atom. The van der Waals surface area contributed by atoms with Crippen LogP contribution in [0.25, 0.3) is 0 Å². The SMILES string of the molecule is [CH3][Sb+]([CH3])([CH3])[CH2]OS(=O)(=O)O. The van der Waals surface area contributed by atoms with Gasteiger partial charge in [0, 0.05) is 0 Å². The summed E-state index contributed by atoms with van der Waals surface area (Å²) in [5, 5.41) is 0. The zero-order valence-corrected chi connectivity index (χ0v) is 9.60. The molecule has 0 rings (SSSR count). The van der Waals surface area contributed by atoms with E-state index in [1.807, 2.05) is 14.6 Å². The van der Waals surface area contributed by atoms with Crippen molar-refractivity contribution in [3.05, 3.63) is 0 Å². The van der Waals surface area contributed by atoms with Crippen molar-refractivity contribution in [1.82, 2.24) is 0 Å². The molecule has 0 saturated heterocycles. The van der Waals surface area contributed by atoms with Crippen molar-refractivity contribution in [3.8, 4) is 0 Å². The van der Waals surface area contributed by atoms with Crippen LogP contribution >= 0.6 is 0 Å². The summed E-state index contributed by atoms with van der Waals surface area (Å²) in [4.78, 5) is 6.01. The zero-order valence-electron chi connectivity index (χ0n) is 6.23. The van der Waals surface area contributed by atoms with E-state index in [-0.39, 0.29) is 4.55 Å². The molecule has 0 aliphatic heterocycles. The second-order valence-electron chi connectivity index (χ2n) is 2.97. The second-order valence-corrected chi connectivity index (χ2v) is 17.9. The van der Waals surface area contributed by atoms with Crippen LogP contribution in [-0.2, 0) is 14.6 Å². The van der Waals surface area contributed by atoms with Crippen molar-refractivity contribution in [2.24, 2.45) is 0 Å². The van der Waals surface area contributed by atoms with Crippen LogP contribution in [0, 0.1) is 0 Å². The Morgan fingerprint density at radius 2 is 1.80 bits per heavy atom. The fourth-order valence-electron chi connectivity index (χ4n) is 0.225. The molecular weight excluding hydrogens is 266 g/mol. The third-order valence-corrected chi connectivity index (χ3v) is 4.11. The normalized spacial score (nSPS) is 13.6. The number of hydrogen-bond donors (Lipinski definition) is 1. The van der Waals surface area contributed by atoms with Crippen LogP contribution in [0.5, 0.6) is 0 Å². The summed E-state index contributed by atoms with van der Waals surface area (Å²) in [5.41, 5.74) is 0. The van der Waals surface area contributed by atoms with E-state index in [0.717, 1.165) is 0 Å². The molecular formula is C4H12O4SSb+. The van der Waals surface area contributed by atoms with Gasteiger partial charge in [-0.1, -0.05) is 0 Å². The average molecular weight is 278 g/mol. The van der Waals surface area contributed by atoms with Crippen molar-refractivity contribution in [2.75, 3.05) is 4.55 Å². The molecule has 10 heavy (non-hydrogen) atoms. The Bertz CT molecular complexity index is 190. The molecule has 0 unspecified atom stereocenters. The molecule has 0 saturated carbocycles. The van der Waals surface area contributed by atoms with Crippen LogP contribution < -0.4 is 0 Å². The summed E-state index contributed by atoms with van der Waals surface area (Å²) in [7, 11) is -4.21. The molecule has 0 fully saturated rings. The molecule has 0 amide bonds. The van der Waals surface area contributed by atoms with Crippen LogP contribution in [0.15, 0.2) is 0 Å². The average Bonchev–Trinajstić information content (AvgIpc) is 1.57. The van der Waals surface area contributed by atoms with E-state index < -0.39 is 29.2 Å². The fraction of sp³-hybridized carbons (Fsp3) is 1.00. The zero-order chi connectivity index (χ0) is 8.41. The Hall–Kier alpha value is 0.688. The summed E-state index contributed by atoms with van der Waals surface area (Å²) in [6, 6.07) is 0. The monoisotopic (exact) mass is 277 g/mol. The summed E-state index contributed by atoms with van der Waals surface area (Å²) >= 11 is -2.09. The molecule has 62 valence electrons. The van der Waals surface area contributed by atoms with Gasteiger partial charge in [0.15, 0.2) is 0 Å². The first-order valence-electron chi connectivity index (χ1n) is 2.63. The van der Waals surface area contributed by atoms with Crippen molar-refractivity contribution in [2.45, 2.75) is 14.6 Å². The Morgan fingerprint density at radius 1 is 1.40 bits per heavy atom. The fourth-order valence-corrected chi connectivity index (χ4v) is 4.52. The quantitative estimate of drug-likeness (QED) is 0.609. The topological polar surface area (TPSA) is 63.6 Å². The number of rotatable bonds is 3. The van der Waals surface area contributed by atoms with E-state index in [1.54, 1.807) is 0 Å². The van der Waals surface area contributed by atoms with Crippen LogP contribution in [-0.4, -0.2) is 36.3 Å².